The fourth-order valence-corrected chi connectivity index (χ4v) is 3.59. The van der Waals surface area contributed by atoms with Gasteiger partial charge >= 0.3 is 0 Å². The van der Waals surface area contributed by atoms with Gasteiger partial charge in [-0.25, -0.2) is 4.98 Å². The first kappa shape index (κ1) is 17.9. The molecule has 0 unspecified atom stereocenters. The van der Waals surface area contributed by atoms with Crippen molar-refractivity contribution in [3.05, 3.63) is 17.3 Å². The zero-order valence-corrected chi connectivity index (χ0v) is 15.3. The SMILES string of the molecule is CC(=O)N1C[C@H](N)CC[C@H](C(=O)N2CCc3oc(C(C)C)nc3C2)C1. The molecular weight excluding hydrogens is 320 g/mol. The second kappa shape index (κ2) is 7.15. The Balaban J connectivity index is 1.71. The standard InChI is InChI=1S/C18H28N4O3/c1-11(2)17-20-15-10-21(7-6-16(15)25-17)18(24)13-4-5-14(19)9-22(8-13)12(3)23/h11,13-14H,4-10,19H2,1-3H3/t13-,14+/m0/s1. The van der Waals surface area contributed by atoms with Crippen molar-refractivity contribution in [3.8, 4) is 0 Å². The third kappa shape index (κ3) is 3.86. The minimum absolute atomic E-state index is 0.0193. The molecule has 3 rings (SSSR count). The number of nitrogens with two attached hydrogens (primary N) is 1. The van der Waals surface area contributed by atoms with Crippen LogP contribution in [0.25, 0.3) is 0 Å². The molecule has 0 aliphatic carbocycles. The molecule has 2 atom stereocenters. The quantitative estimate of drug-likeness (QED) is 0.869. The van der Waals surface area contributed by atoms with Crippen LogP contribution in [-0.4, -0.2) is 52.3 Å². The Morgan fingerprint density at radius 1 is 1.24 bits per heavy atom. The first-order chi connectivity index (χ1) is 11.8. The van der Waals surface area contributed by atoms with Crippen molar-refractivity contribution in [1.29, 1.82) is 0 Å². The fourth-order valence-electron chi connectivity index (χ4n) is 3.59. The van der Waals surface area contributed by atoms with Gasteiger partial charge in [-0.3, -0.25) is 9.59 Å². The normalized spacial score (nSPS) is 24.2. The number of aromatic nitrogens is 1. The summed E-state index contributed by atoms with van der Waals surface area (Å²) in [5, 5.41) is 0. The maximum Gasteiger partial charge on any atom is 0.227 e. The molecule has 0 spiro atoms. The highest BCUT2D eigenvalue weighted by atomic mass is 16.4. The molecule has 138 valence electrons. The number of rotatable bonds is 2. The lowest BCUT2D eigenvalue weighted by atomic mass is 9.99. The summed E-state index contributed by atoms with van der Waals surface area (Å²) in [7, 11) is 0. The number of fused-ring (bicyclic) bond motifs is 1. The molecule has 7 heteroatoms. The average molecular weight is 348 g/mol. The van der Waals surface area contributed by atoms with Gasteiger partial charge in [0, 0.05) is 44.9 Å². The minimum Gasteiger partial charge on any atom is -0.445 e. The highest BCUT2D eigenvalue weighted by Crippen LogP contribution is 2.26. The molecule has 25 heavy (non-hydrogen) atoms. The van der Waals surface area contributed by atoms with Crippen molar-refractivity contribution in [2.45, 2.75) is 58.5 Å². The van der Waals surface area contributed by atoms with Gasteiger partial charge in [-0.2, -0.15) is 0 Å². The number of carbonyl (C=O) groups excluding carboxylic acids is 2. The van der Waals surface area contributed by atoms with Crippen LogP contribution >= 0.6 is 0 Å². The molecule has 1 saturated heterocycles. The summed E-state index contributed by atoms with van der Waals surface area (Å²) in [6.07, 6.45) is 2.19. The van der Waals surface area contributed by atoms with E-state index in [2.05, 4.69) is 4.98 Å². The Bertz CT molecular complexity index is 655. The summed E-state index contributed by atoms with van der Waals surface area (Å²) in [5.74, 6) is 1.77. The summed E-state index contributed by atoms with van der Waals surface area (Å²) >= 11 is 0. The topological polar surface area (TPSA) is 92.7 Å². The Morgan fingerprint density at radius 3 is 2.68 bits per heavy atom. The van der Waals surface area contributed by atoms with Crippen molar-refractivity contribution in [2.75, 3.05) is 19.6 Å². The molecule has 1 aromatic heterocycles. The van der Waals surface area contributed by atoms with Crippen LogP contribution in [0.15, 0.2) is 4.42 Å². The molecule has 0 bridgehead atoms. The molecule has 0 saturated carbocycles. The van der Waals surface area contributed by atoms with Gasteiger partial charge in [0.1, 0.15) is 11.5 Å². The molecule has 3 heterocycles. The molecule has 2 N–H and O–H groups in total. The molecule has 0 radical (unpaired) electrons. The Hall–Kier alpha value is -1.89. The van der Waals surface area contributed by atoms with Crippen LogP contribution in [-0.2, 0) is 22.6 Å². The predicted octanol–water partition coefficient (Wildman–Crippen LogP) is 1.27. The van der Waals surface area contributed by atoms with Crippen LogP contribution in [0.5, 0.6) is 0 Å². The van der Waals surface area contributed by atoms with E-state index in [0.717, 1.165) is 30.2 Å². The lowest BCUT2D eigenvalue weighted by molar-refractivity contribution is -0.138. The molecule has 7 nitrogen and oxygen atoms in total. The molecule has 0 aromatic carbocycles. The Kier molecular flexibility index (Phi) is 5.13. The first-order valence-electron chi connectivity index (χ1n) is 9.13. The summed E-state index contributed by atoms with van der Waals surface area (Å²) in [6.45, 7) is 7.76. The first-order valence-corrected chi connectivity index (χ1v) is 9.13. The van der Waals surface area contributed by atoms with E-state index < -0.39 is 0 Å². The van der Waals surface area contributed by atoms with Crippen molar-refractivity contribution >= 4 is 11.8 Å². The molecule has 1 fully saturated rings. The number of hydrogen-bond donors (Lipinski definition) is 1. The highest BCUT2D eigenvalue weighted by Gasteiger charge is 2.33. The number of likely N-dealkylation sites (tertiary alicyclic amines) is 1. The van der Waals surface area contributed by atoms with Crippen LogP contribution in [0.2, 0.25) is 0 Å². The number of oxazole rings is 1. The van der Waals surface area contributed by atoms with E-state index in [1.54, 1.807) is 4.90 Å². The fraction of sp³-hybridized carbons (Fsp3) is 0.722. The van der Waals surface area contributed by atoms with Gasteiger partial charge in [-0.05, 0) is 12.8 Å². The summed E-state index contributed by atoms with van der Waals surface area (Å²) < 4.78 is 5.81. The summed E-state index contributed by atoms with van der Waals surface area (Å²) in [6, 6.07) is -0.0567. The van der Waals surface area contributed by atoms with Gasteiger partial charge in [0.2, 0.25) is 11.8 Å². The second-order valence-electron chi connectivity index (χ2n) is 7.54. The molecule has 2 aliphatic rings. The van der Waals surface area contributed by atoms with Crippen LogP contribution < -0.4 is 5.73 Å². The lowest BCUT2D eigenvalue weighted by Crippen LogP contribution is -2.44. The Labute approximate surface area is 148 Å². The van der Waals surface area contributed by atoms with Gasteiger partial charge in [-0.1, -0.05) is 13.8 Å². The van der Waals surface area contributed by atoms with Gasteiger partial charge in [0.25, 0.3) is 0 Å². The van der Waals surface area contributed by atoms with Gasteiger partial charge in [0.15, 0.2) is 5.89 Å². The lowest BCUT2D eigenvalue weighted by Gasteiger charge is -2.30. The summed E-state index contributed by atoms with van der Waals surface area (Å²) in [5.41, 5.74) is 6.93. The molecule has 2 amide bonds. The number of hydrogen-bond acceptors (Lipinski definition) is 5. The van der Waals surface area contributed by atoms with E-state index >= 15 is 0 Å². The third-order valence-corrected chi connectivity index (χ3v) is 5.13. The minimum atomic E-state index is -0.185. The van der Waals surface area contributed by atoms with Crippen LogP contribution in [0.4, 0.5) is 0 Å². The predicted molar refractivity (Wildman–Crippen MR) is 92.7 cm³/mol. The van der Waals surface area contributed by atoms with E-state index in [0.29, 0.717) is 32.6 Å². The maximum absolute atomic E-state index is 13.0. The maximum atomic E-state index is 13.0. The largest absolute Gasteiger partial charge is 0.445 e. The average Bonchev–Trinajstić information content (AvgIpc) is 2.90. The monoisotopic (exact) mass is 348 g/mol. The van der Waals surface area contributed by atoms with Gasteiger partial charge in [0.05, 0.1) is 12.5 Å². The van der Waals surface area contributed by atoms with E-state index in [9.17, 15) is 9.59 Å². The highest BCUT2D eigenvalue weighted by molar-refractivity contribution is 5.80. The number of amides is 2. The van der Waals surface area contributed by atoms with Crippen molar-refractivity contribution in [1.82, 2.24) is 14.8 Å². The van der Waals surface area contributed by atoms with Gasteiger partial charge < -0.3 is 20.0 Å². The summed E-state index contributed by atoms with van der Waals surface area (Å²) in [4.78, 5) is 32.9. The van der Waals surface area contributed by atoms with Crippen LogP contribution in [0.3, 0.4) is 0 Å². The Morgan fingerprint density at radius 2 is 2.00 bits per heavy atom. The number of nitrogens with zero attached hydrogens (tertiary/aromatic N) is 3. The van der Waals surface area contributed by atoms with E-state index in [1.807, 2.05) is 18.7 Å². The molecular formula is C18H28N4O3. The number of carbonyl (C=O) groups is 2. The van der Waals surface area contributed by atoms with Crippen molar-refractivity contribution in [3.63, 3.8) is 0 Å². The zero-order valence-electron chi connectivity index (χ0n) is 15.3. The van der Waals surface area contributed by atoms with Crippen molar-refractivity contribution in [2.24, 2.45) is 11.7 Å². The zero-order chi connectivity index (χ0) is 18.1. The van der Waals surface area contributed by atoms with Crippen molar-refractivity contribution < 1.29 is 14.0 Å². The molecule has 2 aliphatic heterocycles. The smallest absolute Gasteiger partial charge is 0.227 e. The van der Waals surface area contributed by atoms with Crippen LogP contribution in [0.1, 0.15) is 56.9 Å². The van der Waals surface area contributed by atoms with E-state index in [-0.39, 0.29) is 29.7 Å². The van der Waals surface area contributed by atoms with Gasteiger partial charge in [-0.15, -0.1) is 0 Å². The second-order valence-corrected chi connectivity index (χ2v) is 7.54. The van der Waals surface area contributed by atoms with Crippen LogP contribution in [0, 0.1) is 5.92 Å². The van der Waals surface area contributed by atoms with E-state index in [1.165, 1.54) is 6.92 Å². The molecule has 1 aromatic rings. The third-order valence-electron chi connectivity index (χ3n) is 5.13. The van der Waals surface area contributed by atoms with E-state index in [4.69, 9.17) is 10.2 Å².